The molecule has 0 bridgehead atoms. The van der Waals surface area contributed by atoms with Gasteiger partial charge in [0.1, 0.15) is 17.1 Å². The second-order valence-electron chi connectivity index (χ2n) is 5.33. The van der Waals surface area contributed by atoms with Gasteiger partial charge in [0.15, 0.2) is 0 Å². The molecular formula is C14H19NO2S. The quantitative estimate of drug-likeness (QED) is 0.848. The van der Waals surface area contributed by atoms with Gasteiger partial charge in [0.25, 0.3) is 0 Å². The largest absolute Gasteiger partial charge is 0.497 e. The molecule has 1 aromatic rings. The third-order valence-electron chi connectivity index (χ3n) is 3.83. The van der Waals surface area contributed by atoms with Crippen LogP contribution in [0.25, 0.3) is 0 Å². The van der Waals surface area contributed by atoms with E-state index in [0.717, 1.165) is 35.7 Å². The number of rotatable bonds is 1. The van der Waals surface area contributed by atoms with E-state index < -0.39 is 0 Å². The van der Waals surface area contributed by atoms with Gasteiger partial charge in [0.2, 0.25) is 0 Å². The molecule has 2 N–H and O–H groups in total. The molecule has 2 aliphatic heterocycles. The minimum Gasteiger partial charge on any atom is -0.497 e. The van der Waals surface area contributed by atoms with E-state index in [0.29, 0.717) is 5.25 Å². The lowest BCUT2D eigenvalue weighted by molar-refractivity contribution is 0.0574. The number of ether oxygens (including phenoxy) is 2. The summed E-state index contributed by atoms with van der Waals surface area (Å²) in [5, 5.41) is 0.664. The smallest absolute Gasteiger partial charge is 0.125 e. The summed E-state index contributed by atoms with van der Waals surface area (Å²) < 4.78 is 11.5. The molecule has 4 heteroatoms. The Bertz CT molecular complexity index is 465. The van der Waals surface area contributed by atoms with Gasteiger partial charge in [-0.3, -0.25) is 0 Å². The monoisotopic (exact) mass is 265 g/mol. The van der Waals surface area contributed by atoms with Crippen LogP contribution in [0, 0.1) is 0 Å². The highest BCUT2D eigenvalue weighted by molar-refractivity contribution is 8.00. The molecule has 18 heavy (non-hydrogen) atoms. The zero-order valence-corrected chi connectivity index (χ0v) is 11.6. The number of thioether (sulfide) groups is 1. The third-order valence-corrected chi connectivity index (χ3v) is 5.25. The topological polar surface area (TPSA) is 44.5 Å². The summed E-state index contributed by atoms with van der Waals surface area (Å²) in [4.78, 5) is 0. The predicted molar refractivity (Wildman–Crippen MR) is 74.4 cm³/mol. The number of benzene rings is 1. The molecule has 2 aliphatic rings. The lowest BCUT2D eigenvalue weighted by Gasteiger charge is -2.38. The molecule has 1 saturated heterocycles. The highest BCUT2D eigenvalue weighted by Gasteiger charge is 2.45. The Labute approximate surface area is 112 Å². The van der Waals surface area contributed by atoms with Crippen LogP contribution in [0.3, 0.4) is 0 Å². The van der Waals surface area contributed by atoms with Gasteiger partial charge in [-0.05, 0) is 24.6 Å². The number of nitrogens with two attached hydrogens (primary N) is 1. The van der Waals surface area contributed by atoms with E-state index in [9.17, 15) is 0 Å². The van der Waals surface area contributed by atoms with Gasteiger partial charge in [0.05, 0.1) is 7.11 Å². The fourth-order valence-corrected chi connectivity index (χ4v) is 4.28. The Hall–Kier alpha value is -0.870. The van der Waals surface area contributed by atoms with Crippen molar-refractivity contribution >= 4 is 11.8 Å². The molecule has 0 radical (unpaired) electrons. The summed E-state index contributed by atoms with van der Waals surface area (Å²) in [5.74, 6) is 2.83. The second kappa shape index (κ2) is 4.35. The van der Waals surface area contributed by atoms with Crippen molar-refractivity contribution in [3.05, 3.63) is 23.8 Å². The first-order valence-corrected chi connectivity index (χ1v) is 7.41. The van der Waals surface area contributed by atoms with Crippen LogP contribution < -0.4 is 15.2 Å². The first-order valence-electron chi connectivity index (χ1n) is 6.36. The minimum absolute atomic E-state index is 0.0505. The Balaban J connectivity index is 1.93. The second-order valence-corrected chi connectivity index (χ2v) is 6.75. The Morgan fingerprint density at radius 2 is 2.28 bits per heavy atom. The molecule has 3 rings (SSSR count). The lowest BCUT2D eigenvalue weighted by atomic mass is 9.86. The fourth-order valence-electron chi connectivity index (χ4n) is 2.97. The summed E-state index contributed by atoms with van der Waals surface area (Å²) in [6, 6.07) is 5.98. The maximum Gasteiger partial charge on any atom is 0.125 e. The van der Waals surface area contributed by atoms with Gasteiger partial charge in [-0.2, -0.15) is 11.8 Å². The van der Waals surface area contributed by atoms with E-state index >= 15 is 0 Å². The molecule has 0 aromatic heterocycles. The molecule has 1 aromatic carbocycles. The zero-order chi connectivity index (χ0) is 12.8. The van der Waals surface area contributed by atoms with Gasteiger partial charge in [-0.1, -0.05) is 6.92 Å². The Kier molecular flexibility index (Phi) is 2.94. The molecule has 2 heterocycles. The molecular weight excluding hydrogens is 246 g/mol. The Morgan fingerprint density at radius 1 is 1.44 bits per heavy atom. The van der Waals surface area contributed by atoms with Crippen LogP contribution in [-0.4, -0.2) is 23.7 Å². The van der Waals surface area contributed by atoms with E-state index in [1.54, 1.807) is 7.11 Å². The van der Waals surface area contributed by atoms with E-state index in [1.807, 2.05) is 30.0 Å². The van der Waals surface area contributed by atoms with Crippen LogP contribution in [0.15, 0.2) is 18.2 Å². The first-order chi connectivity index (χ1) is 8.62. The number of methoxy groups -OCH3 is 1. The molecule has 0 saturated carbocycles. The highest BCUT2D eigenvalue weighted by Crippen LogP contribution is 2.48. The summed E-state index contributed by atoms with van der Waals surface area (Å²) in [6.45, 7) is 2.26. The maximum absolute atomic E-state index is 6.33. The first kappa shape index (κ1) is 12.2. The average Bonchev–Trinajstić information content (AvgIpc) is 2.70. The highest BCUT2D eigenvalue weighted by atomic mass is 32.2. The summed E-state index contributed by atoms with van der Waals surface area (Å²) in [7, 11) is 1.67. The molecule has 3 nitrogen and oxygen atoms in total. The van der Waals surface area contributed by atoms with Crippen molar-refractivity contribution in [2.45, 2.75) is 36.7 Å². The Morgan fingerprint density at radius 3 is 2.94 bits per heavy atom. The molecule has 3 atom stereocenters. The van der Waals surface area contributed by atoms with Crippen molar-refractivity contribution in [3.63, 3.8) is 0 Å². The van der Waals surface area contributed by atoms with Crippen LogP contribution in [0.1, 0.15) is 31.4 Å². The summed E-state index contributed by atoms with van der Waals surface area (Å²) >= 11 is 1.98. The number of hydrogen-bond acceptors (Lipinski definition) is 4. The van der Waals surface area contributed by atoms with E-state index in [1.165, 1.54) is 0 Å². The van der Waals surface area contributed by atoms with Gasteiger partial charge in [-0.25, -0.2) is 0 Å². The lowest BCUT2D eigenvalue weighted by Crippen LogP contribution is -2.43. The fraction of sp³-hybridized carbons (Fsp3) is 0.571. The van der Waals surface area contributed by atoms with Crippen molar-refractivity contribution in [2.75, 3.05) is 12.9 Å². The van der Waals surface area contributed by atoms with Crippen molar-refractivity contribution in [1.82, 2.24) is 0 Å². The molecule has 1 fully saturated rings. The maximum atomic E-state index is 6.33. The molecule has 1 spiro atoms. The molecule has 2 unspecified atom stereocenters. The van der Waals surface area contributed by atoms with Crippen molar-refractivity contribution < 1.29 is 9.47 Å². The molecule has 0 amide bonds. The summed E-state index contributed by atoms with van der Waals surface area (Å²) in [6.07, 6.45) is 2.00. The van der Waals surface area contributed by atoms with Crippen molar-refractivity contribution in [1.29, 1.82) is 0 Å². The zero-order valence-electron chi connectivity index (χ0n) is 10.8. The van der Waals surface area contributed by atoms with Crippen LogP contribution >= 0.6 is 11.8 Å². The van der Waals surface area contributed by atoms with Crippen LogP contribution in [0.5, 0.6) is 11.5 Å². The van der Waals surface area contributed by atoms with Crippen LogP contribution in [0.4, 0.5) is 0 Å². The normalized spacial score (nSPS) is 34.2. The SMILES string of the molecule is COc1ccc2c(c1)[C@@H](N)CC1(CSC(C)C1)O2. The van der Waals surface area contributed by atoms with Crippen LogP contribution in [-0.2, 0) is 0 Å². The van der Waals surface area contributed by atoms with Gasteiger partial charge in [0, 0.05) is 29.0 Å². The van der Waals surface area contributed by atoms with Crippen molar-refractivity contribution in [3.8, 4) is 11.5 Å². The molecule has 0 aliphatic carbocycles. The van der Waals surface area contributed by atoms with Crippen LogP contribution in [0.2, 0.25) is 0 Å². The third kappa shape index (κ3) is 1.97. The average molecular weight is 265 g/mol. The standard InChI is InChI=1S/C14H19NO2S/c1-9-6-14(8-18-9)7-12(15)11-5-10(16-2)3-4-13(11)17-14/h3-5,9,12H,6-8,15H2,1-2H3/t9?,12-,14?/m0/s1. The van der Waals surface area contributed by atoms with Crippen molar-refractivity contribution in [2.24, 2.45) is 5.73 Å². The van der Waals surface area contributed by atoms with E-state index in [-0.39, 0.29) is 11.6 Å². The summed E-state index contributed by atoms with van der Waals surface area (Å²) in [5.41, 5.74) is 7.35. The minimum atomic E-state index is -0.0505. The number of fused-ring (bicyclic) bond motifs is 1. The van der Waals surface area contributed by atoms with E-state index in [4.69, 9.17) is 15.2 Å². The van der Waals surface area contributed by atoms with Gasteiger partial charge in [-0.15, -0.1) is 0 Å². The predicted octanol–water partition coefficient (Wildman–Crippen LogP) is 2.74. The number of hydrogen-bond donors (Lipinski definition) is 1. The van der Waals surface area contributed by atoms with Gasteiger partial charge < -0.3 is 15.2 Å². The van der Waals surface area contributed by atoms with E-state index in [2.05, 4.69) is 6.92 Å². The van der Waals surface area contributed by atoms with Gasteiger partial charge >= 0.3 is 0 Å². The molecule has 98 valence electrons.